The third kappa shape index (κ3) is 4.03. The van der Waals surface area contributed by atoms with Crippen molar-refractivity contribution in [1.82, 2.24) is 9.97 Å². The summed E-state index contributed by atoms with van der Waals surface area (Å²) >= 11 is 0. The lowest BCUT2D eigenvalue weighted by Crippen LogP contribution is -2.27. The van der Waals surface area contributed by atoms with Crippen LogP contribution in [0.4, 0.5) is 10.5 Å². The summed E-state index contributed by atoms with van der Waals surface area (Å²) in [7, 11) is 0. The van der Waals surface area contributed by atoms with Crippen molar-refractivity contribution >= 4 is 22.8 Å². The molecular weight excluding hydrogens is 318 g/mol. The highest BCUT2D eigenvalue weighted by atomic mass is 16.6. The number of carbonyl (C=O) groups is 1. The van der Waals surface area contributed by atoms with Crippen LogP contribution in [0.3, 0.4) is 0 Å². The molecule has 0 saturated carbocycles. The van der Waals surface area contributed by atoms with Crippen molar-refractivity contribution in [1.29, 1.82) is 0 Å². The number of fused-ring (bicyclic) bond motifs is 1. The van der Waals surface area contributed by atoms with E-state index in [1.807, 2.05) is 45.0 Å². The van der Waals surface area contributed by atoms with Crippen molar-refractivity contribution in [2.75, 3.05) is 5.32 Å². The Morgan fingerprint density at radius 2 is 1.96 bits per heavy atom. The SMILES string of the molecule is CC(C)(C)OC(=O)Nc1cccc(-c2ccnc3[nH]c(=O)ccc23)c1. The van der Waals surface area contributed by atoms with Gasteiger partial charge in [-0.05, 0) is 56.2 Å². The molecule has 3 aromatic rings. The fourth-order valence-electron chi connectivity index (χ4n) is 2.50. The van der Waals surface area contributed by atoms with Gasteiger partial charge in [-0.1, -0.05) is 12.1 Å². The lowest BCUT2D eigenvalue weighted by Gasteiger charge is -2.19. The molecular formula is C19H19N3O3. The molecule has 0 aliphatic carbocycles. The lowest BCUT2D eigenvalue weighted by molar-refractivity contribution is 0.0636. The lowest BCUT2D eigenvalue weighted by atomic mass is 10.0. The number of H-pyrrole nitrogens is 1. The van der Waals surface area contributed by atoms with Gasteiger partial charge in [0.2, 0.25) is 5.56 Å². The smallest absolute Gasteiger partial charge is 0.412 e. The summed E-state index contributed by atoms with van der Waals surface area (Å²) in [5.74, 6) is 0. The first-order valence-electron chi connectivity index (χ1n) is 7.90. The van der Waals surface area contributed by atoms with Crippen LogP contribution < -0.4 is 10.9 Å². The van der Waals surface area contributed by atoms with Gasteiger partial charge in [0.25, 0.3) is 0 Å². The number of hydrogen-bond acceptors (Lipinski definition) is 4. The summed E-state index contributed by atoms with van der Waals surface area (Å²) in [5.41, 5.74) is 2.20. The van der Waals surface area contributed by atoms with Gasteiger partial charge in [0.15, 0.2) is 0 Å². The Hall–Kier alpha value is -3.15. The third-order valence-electron chi connectivity index (χ3n) is 3.45. The van der Waals surface area contributed by atoms with Crippen LogP contribution in [0, 0.1) is 0 Å². The zero-order valence-electron chi connectivity index (χ0n) is 14.3. The first-order chi connectivity index (χ1) is 11.8. The van der Waals surface area contributed by atoms with Crippen LogP contribution in [-0.4, -0.2) is 21.7 Å². The molecule has 0 aliphatic rings. The number of rotatable bonds is 2. The number of hydrogen-bond donors (Lipinski definition) is 2. The number of benzene rings is 1. The number of carbonyl (C=O) groups excluding carboxylic acids is 1. The second kappa shape index (κ2) is 6.39. The molecule has 0 unspecified atom stereocenters. The molecule has 6 nitrogen and oxygen atoms in total. The Balaban J connectivity index is 1.95. The van der Waals surface area contributed by atoms with Gasteiger partial charge in [0.1, 0.15) is 11.2 Å². The second-order valence-corrected chi connectivity index (χ2v) is 6.65. The van der Waals surface area contributed by atoms with Gasteiger partial charge in [-0.3, -0.25) is 10.1 Å². The predicted octanol–water partition coefficient (Wildman–Crippen LogP) is 3.94. The van der Waals surface area contributed by atoms with E-state index in [9.17, 15) is 9.59 Å². The quantitative estimate of drug-likeness (QED) is 0.742. The summed E-state index contributed by atoms with van der Waals surface area (Å²) in [5, 5.41) is 3.56. The number of pyridine rings is 2. The summed E-state index contributed by atoms with van der Waals surface area (Å²) < 4.78 is 5.27. The maximum atomic E-state index is 11.9. The molecule has 25 heavy (non-hydrogen) atoms. The molecule has 3 rings (SSSR count). The van der Waals surface area contributed by atoms with E-state index in [1.54, 1.807) is 18.3 Å². The van der Waals surface area contributed by atoms with Crippen molar-refractivity contribution in [2.45, 2.75) is 26.4 Å². The van der Waals surface area contributed by atoms with Crippen LogP contribution in [0.1, 0.15) is 20.8 Å². The Morgan fingerprint density at radius 1 is 1.16 bits per heavy atom. The van der Waals surface area contributed by atoms with Crippen molar-refractivity contribution in [2.24, 2.45) is 0 Å². The normalized spacial score (nSPS) is 11.3. The minimum atomic E-state index is -0.561. The van der Waals surface area contributed by atoms with Crippen LogP contribution in [-0.2, 0) is 4.74 Å². The number of nitrogens with one attached hydrogen (secondary N) is 2. The molecule has 0 atom stereocenters. The molecule has 0 bridgehead atoms. The van der Waals surface area contributed by atoms with Gasteiger partial charge in [0.05, 0.1) is 0 Å². The van der Waals surface area contributed by atoms with Gasteiger partial charge in [-0.2, -0.15) is 0 Å². The number of ether oxygens (including phenoxy) is 1. The van der Waals surface area contributed by atoms with Crippen LogP contribution in [0.25, 0.3) is 22.2 Å². The fourth-order valence-corrected chi connectivity index (χ4v) is 2.50. The molecule has 1 aromatic carbocycles. The van der Waals surface area contributed by atoms with E-state index in [1.165, 1.54) is 6.07 Å². The van der Waals surface area contributed by atoms with Gasteiger partial charge >= 0.3 is 6.09 Å². The first kappa shape index (κ1) is 16.7. The van der Waals surface area contributed by atoms with Crippen LogP contribution in [0.2, 0.25) is 0 Å². The summed E-state index contributed by atoms with van der Waals surface area (Å²) in [6.45, 7) is 5.44. The highest BCUT2D eigenvalue weighted by Crippen LogP contribution is 2.28. The zero-order chi connectivity index (χ0) is 18.0. The first-order valence-corrected chi connectivity index (χ1v) is 7.90. The highest BCUT2D eigenvalue weighted by Gasteiger charge is 2.16. The minimum Gasteiger partial charge on any atom is -0.444 e. The van der Waals surface area contributed by atoms with Crippen molar-refractivity contribution in [3.63, 3.8) is 0 Å². The van der Waals surface area contributed by atoms with E-state index < -0.39 is 11.7 Å². The second-order valence-electron chi connectivity index (χ2n) is 6.65. The Labute approximate surface area is 144 Å². The predicted molar refractivity (Wildman–Crippen MR) is 97.7 cm³/mol. The van der Waals surface area contributed by atoms with E-state index in [0.29, 0.717) is 11.3 Å². The summed E-state index contributed by atoms with van der Waals surface area (Å²) in [6.07, 6.45) is 1.13. The number of aromatic amines is 1. The van der Waals surface area contributed by atoms with E-state index >= 15 is 0 Å². The van der Waals surface area contributed by atoms with E-state index in [4.69, 9.17) is 4.74 Å². The fraction of sp³-hybridized carbons (Fsp3) is 0.211. The molecule has 2 N–H and O–H groups in total. The molecule has 0 aliphatic heterocycles. The van der Waals surface area contributed by atoms with Crippen molar-refractivity contribution in [3.8, 4) is 11.1 Å². The highest BCUT2D eigenvalue weighted by molar-refractivity contribution is 5.94. The maximum absolute atomic E-state index is 11.9. The van der Waals surface area contributed by atoms with Crippen LogP contribution in [0.15, 0.2) is 53.5 Å². The van der Waals surface area contributed by atoms with Crippen molar-refractivity contribution in [3.05, 3.63) is 59.0 Å². The molecule has 6 heteroatoms. The Kier molecular flexibility index (Phi) is 4.27. The number of amides is 1. The minimum absolute atomic E-state index is 0.197. The van der Waals surface area contributed by atoms with E-state index in [0.717, 1.165) is 16.5 Å². The summed E-state index contributed by atoms with van der Waals surface area (Å²) in [4.78, 5) is 30.3. The molecule has 0 spiro atoms. The standard InChI is InChI=1S/C19H19N3O3/c1-19(2,3)25-18(24)21-13-6-4-5-12(11-13)14-9-10-20-17-15(14)7-8-16(23)22-17/h4-11H,1-3H3,(H,21,24)(H,20,22,23). The Morgan fingerprint density at radius 3 is 2.72 bits per heavy atom. The van der Waals surface area contributed by atoms with Gasteiger partial charge in [-0.15, -0.1) is 0 Å². The largest absolute Gasteiger partial charge is 0.444 e. The number of anilines is 1. The third-order valence-corrected chi connectivity index (χ3v) is 3.45. The average Bonchev–Trinajstić information content (AvgIpc) is 2.52. The van der Waals surface area contributed by atoms with Gasteiger partial charge in [-0.25, -0.2) is 9.78 Å². The molecule has 0 saturated heterocycles. The summed E-state index contributed by atoms with van der Waals surface area (Å²) in [6, 6.07) is 12.5. The van der Waals surface area contributed by atoms with E-state index in [2.05, 4.69) is 15.3 Å². The molecule has 1 amide bonds. The topological polar surface area (TPSA) is 84.1 Å². The molecule has 2 aromatic heterocycles. The molecule has 2 heterocycles. The maximum Gasteiger partial charge on any atom is 0.412 e. The molecule has 0 fully saturated rings. The monoisotopic (exact) mass is 337 g/mol. The van der Waals surface area contributed by atoms with Crippen LogP contribution in [0.5, 0.6) is 0 Å². The van der Waals surface area contributed by atoms with Gasteiger partial charge in [0, 0.05) is 23.3 Å². The van der Waals surface area contributed by atoms with Gasteiger partial charge < -0.3 is 9.72 Å². The molecule has 0 radical (unpaired) electrons. The zero-order valence-corrected chi connectivity index (χ0v) is 14.3. The molecule has 128 valence electrons. The average molecular weight is 337 g/mol. The van der Waals surface area contributed by atoms with E-state index in [-0.39, 0.29) is 5.56 Å². The Bertz CT molecular complexity index is 987. The van der Waals surface area contributed by atoms with Crippen LogP contribution >= 0.6 is 0 Å². The van der Waals surface area contributed by atoms with Crippen molar-refractivity contribution < 1.29 is 9.53 Å². The number of aromatic nitrogens is 2. The number of nitrogens with zero attached hydrogens (tertiary/aromatic N) is 1.